The van der Waals surface area contributed by atoms with Gasteiger partial charge in [-0.3, -0.25) is 9.80 Å². The maximum absolute atomic E-state index is 10.3. The lowest BCUT2D eigenvalue weighted by molar-refractivity contribution is 0.213. The molecule has 3 rings (SSSR count). The number of hydrogen-bond donors (Lipinski definition) is 1. The summed E-state index contributed by atoms with van der Waals surface area (Å²) in [6, 6.07) is 4.85. The van der Waals surface area contributed by atoms with E-state index in [0.717, 1.165) is 31.2 Å². The predicted molar refractivity (Wildman–Crippen MR) is 84.1 cm³/mol. The van der Waals surface area contributed by atoms with Gasteiger partial charge in [0, 0.05) is 48.4 Å². The molecule has 5 heteroatoms. The van der Waals surface area contributed by atoms with Gasteiger partial charge in [-0.15, -0.1) is 0 Å². The molecule has 4 nitrogen and oxygen atoms in total. The Hall–Kier alpha value is -0.970. The molecule has 0 saturated carbocycles. The van der Waals surface area contributed by atoms with E-state index in [1.807, 2.05) is 6.07 Å². The average Bonchev–Trinajstić information content (AvgIpc) is 2.70. The molecule has 2 atom stereocenters. The van der Waals surface area contributed by atoms with Crippen LogP contribution in [0.2, 0.25) is 5.02 Å². The third-order valence-electron chi connectivity index (χ3n) is 4.97. The van der Waals surface area contributed by atoms with Crippen molar-refractivity contribution in [2.24, 2.45) is 0 Å². The van der Waals surface area contributed by atoms with Crippen LogP contribution in [0.5, 0.6) is 11.5 Å². The molecule has 1 N–H and O–H groups in total. The minimum Gasteiger partial charge on any atom is -0.504 e. The summed E-state index contributed by atoms with van der Waals surface area (Å²) in [5, 5.41) is 10.9. The third-order valence-corrected chi connectivity index (χ3v) is 5.18. The zero-order chi connectivity index (χ0) is 15.0. The molecule has 1 aromatic rings. The van der Waals surface area contributed by atoms with Crippen molar-refractivity contribution in [3.63, 3.8) is 0 Å². The number of methoxy groups -OCH3 is 1. The lowest BCUT2D eigenvalue weighted by atomic mass is 10.1. The van der Waals surface area contributed by atoms with Crippen molar-refractivity contribution in [2.75, 3.05) is 27.2 Å². The number of aromatic hydroxyl groups is 1. The van der Waals surface area contributed by atoms with Crippen LogP contribution in [0.1, 0.15) is 24.8 Å². The van der Waals surface area contributed by atoms with Crippen LogP contribution in [0.3, 0.4) is 0 Å². The highest BCUT2D eigenvalue weighted by Crippen LogP contribution is 2.35. The molecule has 2 fully saturated rings. The number of likely N-dealkylation sites (tertiary alicyclic amines) is 1. The monoisotopic (exact) mass is 310 g/mol. The van der Waals surface area contributed by atoms with Crippen LogP contribution in [0.15, 0.2) is 12.1 Å². The summed E-state index contributed by atoms with van der Waals surface area (Å²) in [5.41, 5.74) is 0.847. The highest BCUT2D eigenvalue weighted by atomic mass is 35.5. The molecule has 21 heavy (non-hydrogen) atoms. The van der Waals surface area contributed by atoms with E-state index in [4.69, 9.17) is 16.3 Å². The molecule has 0 aliphatic carbocycles. The Kier molecular flexibility index (Phi) is 4.29. The summed E-state index contributed by atoms with van der Waals surface area (Å²) in [4.78, 5) is 4.95. The molecule has 2 aliphatic rings. The maximum Gasteiger partial charge on any atom is 0.162 e. The summed E-state index contributed by atoms with van der Waals surface area (Å²) >= 11 is 6.12. The molecule has 0 spiro atoms. The summed E-state index contributed by atoms with van der Waals surface area (Å²) in [6.07, 6.45) is 3.80. The minimum absolute atomic E-state index is 0.213. The highest BCUT2D eigenvalue weighted by Gasteiger charge is 2.34. The molecular formula is C16H23ClN2O2. The minimum atomic E-state index is 0.213. The number of likely N-dealkylation sites (N-methyl/N-ethyl adjacent to an activating group) is 1. The summed E-state index contributed by atoms with van der Waals surface area (Å²) < 4.78 is 5.19. The number of ether oxygens (including phenoxy) is 1. The van der Waals surface area contributed by atoms with Crippen molar-refractivity contribution in [2.45, 2.75) is 37.9 Å². The number of phenols is 1. The molecule has 2 saturated heterocycles. The first-order chi connectivity index (χ1) is 10.1. The second kappa shape index (κ2) is 6.03. The largest absolute Gasteiger partial charge is 0.504 e. The van der Waals surface area contributed by atoms with Gasteiger partial charge in [-0.05, 0) is 32.4 Å². The van der Waals surface area contributed by atoms with Crippen LogP contribution in [0, 0.1) is 0 Å². The molecule has 2 aliphatic heterocycles. The fraction of sp³-hybridized carbons (Fsp3) is 0.625. The van der Waals surface area contributed by atoms with Gasteiger partial charge in [0.1, 0.15) is 0 Å². The van der Waals surface area contributed by atoms with E-state index in [2.05, 4.69) is 16.8 Å². The number of benzene rings is 1. The lowest BCUT2D eigenvalue weighted by Gasteiger charge is -2.26. The van der Waals surface area contributed by atoms with Crippen molar-refractivity contribution < 1.29 is 9.84 Å². The SMILES string of the molecule is COc1cc(Cl)cc(CN2CCC3CCC(C2)N3C)c1O. The third kappa shape index (κ3) is 2.98. The zero-order valence-electron chi connectivity index (χ0n) is 12.7. The molecule has 2 heterocycles. The molecule has 2 unspecified atom stereocenters. The van der Waals surface area contributed by atoms with Crippen molar-refractivity contribution in [3.05, 3.63) is 22.7 Å². The number of hydrogen-bond acceptors (Lipinski definition) is 4. The summed E-state index contributed by atoms with van der Waals surface area (Å²) in [7, 11) is 3.79. The first kappa shape index (κ1) is 14.9. The van der Waals surface area contributed by atoms with Gasteiger partial charge in [-0.25, -0.2) is 0 Å². The second-order valence-electron chi connectivity index (χ2n) is 6.19. The lowest BCUT2D eigenvalue weighted by Crippen LogP contribution is -2.36. The number of halogens is 1. The Morgan fingerprint density at radius 3 is 2.81 bits per heavy atom. The molecule has 116 valence electrons. The fourth-order valence-corrected chi connectivity index (χ4v) is 3.90. The van der Waals surface area contributed by atoms with E-state index in [0.29, 0.717) is 16.8 Å². The summed E-state index contributed by atoms with van der Waals surface area (Å²) in [6.45, 7) is 2.85. The maximum atomic E-state index is 10.3. The van der Waals surface area contributed by atoms with Gasteiger partial charge >= 0.3 is 0 Å². The number of fused-ring (bicyclic) bond motifs is 2. The van der Waals surface area contributed by atoms with E-state index in [9.17, 15) is 5.11 Å². The predicted octanol–water partition coefficient (Wildman–Crippen LogP) is 2.72. The Labute approximate surface area is 131 Å². The number of phenolic OH excluding ortho intramolecular Hbond substituents is 1. The van der Waals surface area contributed by atoms with Gasteiger partial charge in [0.25, 0.3) is 0 Å². The fourth-order valence-electron chi connectivity index (χ4n) is 3.67. The standard InChI is InChI=1S/C16H23ClN2O2/c1-18-13-3-4-14(18)10-19(6-5-13)9-11-7-12(17)8-15(21-2)16(11)20/h7-8,13-14,20H,3-6,9-10H2,1-2H3. The van der Waals surface area contributed by atoms with Crippen LogP contribution in [-0.4, -0.2) is 54.2 Å². The van der Waals surface area contributed by atoms with Crippen LogP contribution in [0.4, 0.5) is 0 Å². The van der Waals surface area contributed by atoms with E-state index < -0.39 is 0 Å². The Morgan fingerprint density at radius 2 is 2.05 bits per heavy atom. The van der Waals surface area contributed by atoms with Crippen LogP contribution < -0.4 is 4.74 Å². The molecule has 0 aromatic heterocycles. The molecule has 2 bridgehead atoms. The van der Waals surface area contributed by atoms with Crippen LogP contribution in [-0.2, 0) is 6.54 Å². The van der Waals surface area contributed by atoms with Crippen molar-refractivity contribution in [1.29, 1.82) is 0 Å². The van der Waals surface area contributed by atoms with Gasteiger partial charge in [-0.2, -0.15) is 0 Å². The van der Waals surface area contributed by atoms with Gasteiger partial charge < -0.3 is 9.84 Å². The van der Waals surface area contributed by atoms with Gasteiger partial charge in [-0.1, -0.05) is 11.6 Å². The Bertz CT molecular complexity index is 523. The van der Waals surface area contributed by atoms with Crippen molar-refractivity contribution in [1.82, 2.24) is 9.80 Å². The molecular weight excluding hydrogens is 288 g/mol. The van der Waals surface area contributed by atoms with E-state index in [-0.39, 0.29) is 5.75 Å². The number of rotatable bonds is 3. The topological polar surface area (TPSA) is 35.9 Å². The molecule has 0 amide bonds. The van der Waals surface area contributed by atoms with Gasteiger partial charge in [0.15, 0.2) is 11.5 Å². The van der Waals surface area contributed by atoms with Gasteiger partial charge in [0.05, 0.1) is 7.11 Å². The van der Waals surface area contributed by atoms with Gasteiger partial charge in [0.2, 0.25) is 0 Å². The summed E-state index contributed by atoms with van der Waals surface area (Å²) in [5.74, 6) is 0.663. The van der Waals surface area contributed by atoms with E-state index >= 15 is 0 Å². The van der Waals surface area contributed by atoms with E-state index in [1.54, 1.807) is 13.2 Å². The quantitative estimate of drug-likeness (QED) is 0.931. The van der Waals surface area contributed by atoms with E-state index in [1.165, 1.54) is 19.3 Å². The first-order valence-electron chi connectivity index (χ1n) is 7.58. The molecule has 0 radical (unpaired) electrons. The first-order valence-corrected chi connectivity index (χ1v) is 7.96. The normalized spacial score (nSPS) is 26.8. The van der Waals surface area contributed by atoms with Crippen molar-refractivity contribution in [3.8, 4) is 11.5 Å². The van der Waals surface area contributed by atoms with Crippen LogP contribution in [0.25, 0.3) is 0 Å². The average molecular weight is 311 g/mol. The Balaban J connectivity index is 1.76. The zero-order valence-corrected chi connectivity index (χ0v) is 13.4. The smallest absolute Gasteiger partial charge is 0.162 e. The van der Waals surface area contributed by atoms with Crippen molar-refractivity contribution >= 4 is 11.6 Å². The second-order valence-corrected chi connectivity index (χ2v) is 6.63. The highest BCUT2D eigenvalue weighted by molar-refractivity contribution is 6.30. The van der Waals surface area contributed by atoms with Crippen LogP contribution >= 0.6 is 11.6 Å². The number of nitrogens with zero attached hydrogens (tertiary/aromatic N) is 2. The molecule has 1 aromatic carbocycles. The Morgan fingerprint density at radius 1 is 1.29 bits per heavy atom.